The van der Waals surface area contributed by atoms with Crippen molar-refractivity contribution in [1.82, 2.24) is 19.7 Å². The fraction of sp³-hybridized carbons (Fsp3) is 0.500. The van der Waals surface area contributed by atoms with Crippen molar-refractivity contribution in [2.24, 2.45) is 7.05 Å². The summed E-state index contributed by atoms with van der Waals surface area (Å²) in [7, 11) is 1.91. The number of rotatable bonds is 6. The van der Waals surface area contributed by atoms with Gasteiger partial charge in [-0.2, -0.15) is 5.10 Å². The van der Waals surface area contributed by atoms with Crippen LogP contribution < -0.4 is 5.32 Å². The lowest BCUT2D eigenvalue weighted by molar-refractivity contribution is 0.767. The van der Waals surface area contributed by atoms with E-state index in [9.17, 15) is 0 Å². The molecule has 2 aromatic rings. The average Bonchev–Trinajstić information content (AvgIpc) is 2.83. The fourth-order valence-corrected chi connectivity index (χ4v) is 1.93. The third-order valence-corrected chi connectivity index (χ3v) is 2.89. The van der Waals surface area contributed by atoms with Gasteiger partial charge >= 0.3 is 0 Å². The number of anilines is 1. The van der Waals surface area contributed by atoms with E-state index in [1.54, 1.807) is 10.9 Å². The highest BCUT2D eigenvalue weighted by molar-refractivity contribution is 5.53. The highest BCUT2D eigenvalue weighted by atomic mass is 15.3. The fourth-order valence-electron chi connectivity index (χ4n) is 1.93. The van der Waals surface area contributed by atoms with Crippen molar-refractivity contribution in [2.75, 3.05) is 11.9 Å². The molecule has 0 aliphatic carbocycles. The van der Waals surface area contributed by atoms with E-state index in [0.717, 1.165) is 48.8 Å². The van der Waals surface area contributed by atoms with E-state index in [4.69, 9.17) is 0 Å². The minimum atomic E-state index is 0.740. The van der Waals surface area contributed by atoms with Gasteiger partial charge in [0.25, 0.3) is 0 Å². The maximum atomic E-state index is 4.62. The zero-order valence-corrected chi connectivity index (χ0v) is 11.8. The molecule has 0 radical (unpaired) electrons. The van der Waals surface area contributed by atoms with E-state index in [-0.39, 0.29) is 0 Å². The van der Waals surface area contributed by atoms with Crippen LogP contribution in [0.15, 0.2) is 18.3 Å². The molecule has 2 aromatic heterocycles. The number of aromatic nitrogens is 4. The molecule has 19 heavy (non-hydrogen) atoms. The zero-order chi connectivity index (χ0) is 13.7. The third-order valence-electron chi connectivity index (χ3n) is 2.89. The first-order chi connectivity index (χ1) is 9.24. The summed E-state index contributed by atoms with van der Waals surface area (Å²) in [6.45, 7) is 5.22. The molecule has 0 unspecified atom stereocenters. The van der Waals surface area contributed by atoms with Gasteiger partial charge in [-0.05, 0) is 18.9 Å². The molecule has 2 rings (SSSR count). The van der Waals surface area contributed by atoms with E-state index >= 15 is 0 Å². The molecule has 2 heterocycles. The van der Waals surface area contributed by atoms with Gasteiger partial charge in [0.2, 0.25) is 0 Å². The Balaban J connectivity index is 2.36. The molecule has 0 bridgehead atoms. The second kappa shape index (κ2) is 6.31. The molecule has 0 fully saturated rings. The topological polar surface area (TPSA) is 55.6 Å². The quantitative estimate of drug-likeness (QED) is 0.866. The molecular formula is C14H21N5. The van der Waals surface area contributed by atoms with Gasteiger partial charge in [-0.15, -0.1) is 0 Å². The first kappa shape index (κ1) is 13.5. The Morgan fingerprint density at radius 1 is 1.21 bits per heavy atom. The van der Waals surface area contributed by atoms with Crippen LogP contribution in [-0.4, -0.2) is 26.3 Å². The van der Waals surface area contributed by atoms with Crippen LogP contribution in [0.1, 0.15) is 32.4 Å². The van der Waals surface area contributed by atoms with E-state index in [0.29, 0.717) is 0 Å². The largest absolute Gasteiger partial charge is 0.370 e. The first-order valence-corrected chi connectivity index (χ1v) is 6.84. The predicted octanol–water partition coefficient (Wildman–Crippen LogP) is 2.65. The minimum absolute atomic E-state index is 0.740. The third kappa shape index (κ3) is 3.30. The molecule has 1 N–H and O–H groups in total. The molecule has 0 spiro atoms. The lowest BCUT2D eigenvalue weighted by atomic mass is 10.2. The highest BCUT2D eigenvalue weighted by Crippen LogP contribution is 2.17. The Bertz CT molecular complexity index is 532. The monoisotopic (exact) mass is 259 g/mol. The van der Waals surface area contributed by atoms with Gasteiger partial charge in [0.05, 0.1) is 0 Å². The summed E-state index contributed by atoms with van der Waals surface area (Å²) >= 11 is 0. The second-order valence-electron chi connectivity index (χ2n) is 4.58. The molecule has 5 nitrogen and oxygen atoms in total. The van der Waals surface area contributed by atoms with E-state index < -0.39 is 0 Å². The van der Waals surface area contributed by atoms with E-state index in [1.165, 1.54) is 0 Å². The molecule has 102 valence electrons. The molecule has 0 atom stereocenters. The molecule has 0 amide bonds. The molecular weight excluding hydrogens is 238 g/mol. The Hall–Kier alpha value is -1.91. The Morgan fingerprint density at radius 2 is 2.05 bits per heavy atom. The summed E-state index contributed by atoms with van der Waals surface area (Å²) in [5.41, 5.74) is 2.02. The molecule has 0 aliphatic rings. The maximum absolute atomic E-state index is 4.62. The van der Waals surface area contributed by atoms with Crippen LogP contribution in [0.5, 0.6) is 0 Å². The first-order valence-electron chi connectivity index (χ1n) is 6.84. The van der Waals surface area contributed by atoms with Crippen LogP contribution in [0.4, 0.5) is 5.82 Å². The Morgan fingerprint density at radius 3 is 2.68 bits per heavy atom. The van der Waals surface area contributed by atoms with Gasteiger partial charge in [0.1, 0.15) is 11.5 Å². The normalized spacial score (nSPS) is 10.7. The Labute approximate surface area is 114 Å². The lowest BCUT2D eigenvalue weighted by Crippen LogP contribution is -2.07. The summed E-state index contributed by atoms with van der Waals surface area (Å²) in [5.74, 6) is 1.64. The van der Waals surface area contributed by atoms with Crippen molar-refractivity contribution in [3.05, 3.63) is 24.0 Å². The zero-order valence-electron chi connectivity index (χ0n) is 11.8. The number of aryl methyl sites for hydroxylation is 2. The summed E-state index contributed by atoms with van der Waals surface area (Å²) < 4.78 is 1.80. The van der Waals surface area contributed by atoms with Crippen LogP contribution in [-0.2, 0) is 13.5 Å². The van der Waals surface area contributed by atoms with Crippen molar-refractivity contribution in [2.45, 2.75) is 33.1 Å². The molecule has 5 heteroatoms. The van der Waals surface area contributed by atoms with Crippen molar-refractivity contribution < 1.29 is 0 Å². The van der Waals surface area contributed by atoms with Gasteiger partial charge in [-0.25, -0.2) is 9.97 Å². The smallest absolute Gasteiger partial charge is 0.180 e. The molecule has 0 aromatic carbocycles. The molecule has 0 saturated heterocycles. The molecule has 0 aliphatic heterocycles. The van der Waals surface area contributed by atoms with Crippen LogP contribution >= 0.6 is 0 Å². The van der Waals surface area contributed by atoms with E-state index in [1.807, 2.05) is 19.2 Å². The summed E-state index contributed by atoms with van der Waals surface area (Å²) in [4.78, 5) is 9.20. The van der Waals surface area contributed by atoms with Gasteiger partial charge in [-0.1, -0.05) is 20.3 Å². The maximum Gasteiger partial charge on any atom is 0.180 e. The van der Waals surface area contributed by atoms with Crippen LogP contribution in [0.3, 0.4) is 0 Å². The minimum Gasteiger partial charge on any atom is -0.370 e. The number of nitrogens with one attached hydrogen (secondary N) is 1. The second-order valence-corrected chi connectivity index (χ2v) is 4.58. The Kier molecular flexibility index (Phi) is 4.49. The van der Waals surface area contributed by atoms with E-state index in [2.05, 4.69) is 34.2 Å². The SMILES string of the molecule is CCCNc1cc(CCC)nc(-c2ccnn2C)n1. The van der Waals surface area contributed by atoms with Gasteiger partial charge in [0, 0.05) is 31.5 Å². The summed E-state index contributed by atoms with van der Waals surface area (Å²) in [5, 5.41) is 7.51. The van der Waals surface area contributed by atoms with Gasteiger partial charge in [0.15, 0.2) is 5.82 Å². The lowest BCUT2D eigenvalue weighted by Gasteiger charge is -2.09. The average molecular weight is 259 g/mol. The summed E-state index contributed by atoms with van der Waals surface area (Å²) in [6, 6.07) is 3.98. The number of nitrogens with zero attached hydrogens (tertiary/aromatic N) is 4. The van der Waals surface area contributed by atoms with Crippen molar-refractivity contribution in [1.29, 1.82) is 0 Å². The number of hydrogen-bond acceptors (Lipinski definition) is 4. The van der Waals surface area contributed by atoms with Gasteiger partial charge in [-0.3, -0.25) is 4.68 Å². The van der Waals surface area contributed by atoms with Crippen LogP contribution in [0.25, 0.3) is 11.5 Å². The highest BCUT2D eigenvalue weighted by Gasteiger charge is 2.09. The predicted molar refractivity (Wildman–Crippen MR) is 77.0 cm³/mol. The van der Waals surface area contributed by atoms with Crippen molar-refractivity contribution in [3.63, 3.8) is 0 Å². The van der Waals surface area contributed by atoms with Crippen LogP contribution in [0.2, 0.25) is 0 Å². The van der Waals surface area contributed by atoms with Crippen LogP contribution in [0, 0.1) is 0 Å². The summed E-state index contributed by atoms with van der Waals surface area (Å²) in [6.07, 6.45) is 4.89. The van der Waals surface area contributed by atoms with Crippen molar-refractivity contribution in [3.8, 4) is 11.5 Å². The standard InChI is InChI=1S/C14H21N5/c1-4-6-11-10-13(15-8-5-2)18-14(17-11)12-7-9-16-19(12)3/h7,9-10H,4-6,8H2,1-3H3,(H,15,17,18). The van der Waals surface area contributed by atoms with Gasteiger partial charge < -0.3 is 5.32 Å². The van der Waals surface area contributed by atoms with Crippen molar-refractivity contribution >= 4 is 5.82 Å². The number of hydrogen-bond donors (Lipinski definition) is 1. The molecule has 0 saturated carbocycles.